The van der Waals surface area contributed by atoms with E-state index in [2.05, 4.69) is 40.7 Å². The number of methoxy groups -OCH3 is 1. The van der Waals surface area contributed by atoms with Crippen LogP contribution < -0.4 is 26.2 Å². The number of anilines is 4. The Labute approximate surface area is 377 Å². The molecule has 18 heteroatoms. The normalized spacial score (nSPS) is 22.2. The monoisotopic (exact) mass is 891 g/mol. The van der Waals surface area contributed by atoms with Crippen molar-refractivity contribution in [3.05, 3.63) is 65.6 Å². The van der Waals surface area contributed by atoms with E-state index >= 15 is 0 Å². The van der Waals surface area contributed by atoms with Gasteiger partial charge in [-0.1, -0.05) is 31.7 Å². The SMILES string of the molecule is CO[C@@H]1CCN(c2nccc(Nc3cc4c(cn3)c(C(=O)NC3CCN(CCCCCCNc5cccc6c5C(=O)N(C5CCC(=O)NC5=O)C6=O)CC3)cn4C3CCCC3)n2)C[C@@H]1F. The van der Waals surface area contributed by atoms with Crippen molar-refractivity contribution >= 4 is 63.7 Å². The molecule has 65 heavy (non-hydrogen) atoms. The summed E-state index contributed by atoms with van der Waals surface area (Å²) in [7, 11) is 1.54. The summed E-state index contributed by atoms with van der Waals surface area (Å²) >= 11 is 0. The molecule has 3 saturated heterocycles. The number of amides is 5. The lowest BCUT2D eigenvalue weighted by molar-refractivity contribution is -0.136. The highest BCUT2D eigenvalue weighted by molar-refractivity contribution is 6.25. The van der Waals surface area contributed by atoms with Crippen molar-refractivity contribution < 1.29 is 33.1 Å². The number of carbonyl (C=O) groups excluding carboxylic acids is 5. The number of carbonyl (C=O) groups is 5. The third-order valence-electron chi connectivity index (χ3n) is 13.8. The highest BCUT2D eigenvalue weighted by Crippen LogP contribution is 2.36. The van der Waals surface area contributed by atoms with Gasteiger partial charge in [0.05, 0.1) is 34.9 Å². The summed E-state index contributed by atoms with van der Waals surface area (Å²) in [5, 5.41) is 13.1. The van der Waals surface area contributed by atoms with E-state index < -0.39 is 41.9 Å². The van der Waals surface area contributed by atoms with Crippen LogP contribution in [0.3, 0.4) is 0 Å². The molecule has 4 aromatic rings. The highest BCUT2D eigenvalue weighted by atomic mass is 19.1. The van der Waals surface area contributed by atoms with Gasteiger partial charge in [0.2, 0.25) is 17.8 Å². The summed E-state index contributed by atoms with van der Waals surface area (Å²) < 4.78 is 22.2. The molecule has 1 aromatic carbocycles. The van der Waals surface area contributed by atoms with E-state index in [1.807, 2.05) is 17.2 Å². The first-order valence-corrected chi connectivity index (χ1v) is 23.3. The molecule has 4 fully saturated rings. The molecule has 0 spiro atoms. The summed E-state index contributed by atoms with van der Waals surface area (Å²) in [6, 6.07) is 8.27. The Bertz CT molecular complexity index is 2430. The van der Waals surface area contributed by atoms with Crippen molar-refractivity contribution in [2.45, 2.75) is 114 Å². The Morgan fingerprint density at radius 3 is 2.52 bits per heavy atom. The molecule has 5 amide bonds. The second kappa shape index (κ2) is 19.6. The predicted molar refractivity (Wildman–Crippen MR) is 242 cm³/mol. The lowest BCUT2D eigenvalue weighted by Crippen LogP contribution is -2.54. The first kappa shape index (κ1) is 44.2. The van der Waals surface area contributed by atoms with Crippen LogP contribution in [-0.4, -0.2) is 130 Å². The summed E-state index contributed by atoms with van der Waals surface area (Å²) in [4.78, 5) is 83.7. The fourth-order valence-electron chi connectivity index (χ4n) is 10.2. The van der Waals surface area contributed by atoms with E-state index in [9.17, 15) is 28.4 Å². The minimum Gasteiger partial charge on any atom is -0.384 e. The summed E-state index contributed by atoms with van der Waals surface area (Å²) in [6.07, 6.45) is 14.9. The fourth-order valence-corrected chi connectivity index (χ4v) is 10.2. The number of nitrogens with one attached hydrogen (secondary N) is 4. The topological polar surface area (TPSA) is 196 Å². The Balaban J connectivity index is 0.730. The van der Waals surface area contributed by atoms with Crippen molar-refractivity contribution in [1.29, 1.82) is 0 Å². The quantitative estimate of drug-likeness (QED) is 0.0813. The van der Waals surface area contributed by atoms with Gasteiger partial charge < -0.3 is 35.1 Å². The Morgan fingerprint density at radius 1 is 0.923 bits per heavy atom. The van der Waals surface area contributed by atoms with Crippen LogP contribution in [-0.2, 0) is 14.3 Å². The zero-order valence-electron chi connectivity index (χ0n) is 36.9. The second-order valence-electron chi connectivity index (χ2n) is 18.0. The molecule has 9 rings (SSSR count). The van der Waals surface area contributed by atoms with Crippen molar-refractivity contribution in [3.63, 3.8) is 0 Å². The van der Waals surface area contributed by atoms with Crippen LogP contribution in [0.1, 0.15) is 121 Å². The number of hydrogen-bond donors (Lipinski definition) is 4. The van der Waals surface area contributed by atoms with E-state index in [1.165, 1.54) is 7.11 Å². The number of hydrogen-bond acceptors (Lipinski definition) is 13. The zero-order valence-corrected chi connectivity index (χ0v) is 36.9. The molecular weight excluding hydrogens is 834 g/mol. The molecule has 3 atom stereocenters. The van der Waals surface area contributed by atoms with E-state index in [4.69, 9.17) is 9.72 Å². The number of imide groups is 2. The van der Waals surface area contributed by atoms with E-state index in [1.54, 1.807) is 36.7 Å². The molecule has 0 radical (unpaired) electrons. The second-order valence-corrected chi connectivity index (χ2v) is 18.0. The van der Waals surface area contributed by atoms with Crippen LogP contribution in [0, 0.1) is 0 Å². The van der Waals surface area contributed by atoms with Crippen LogP contribution in [0.25, 0.3) is 10.9 Å². The van der Waals surface area contributed by atoms with Gasteiger partial charge in [0.1, 0.15) is 23.8 Å². The molecule has 7 heterocycles. The van der Waals surface area contributed by atoms with Gasteiger partial charge in [0.15, 0.2) is 0 Å². The number of pyridine rings is 1. The molecule has 344 valence electrons. The maximum Gasteiger partial charge on any atom is 0.264 e. The number of alkyl halides is 1. The van der Waals surface area contributed by atoms with Gasteiger partial charge in [-0.25, -0.2) is 14.4 Å². The number of unbranched alkanes of at least 4 members (excludes halogenated alkanes) is 3. The van der Waals surface area contributed by atoms with Gasteiger partial charge in [0, 0.05) is 87.5 Å². The molecule has 4 aliphatic heterocycles. The standard InChI is InChI=1S/C47H58FN11O6/c1-65-38-18-24-57(28-34(38)48)47-50-20-15-39(54-47)53-40-25-37-32(26-51-40)33(27-58(37)30-9-4-5-10-30)43(61)52-29-16-22-56(23-17-29)21-7-3-2-6-19-49-35-12-8-11-31-42(35)46(64)59(45(31)63)36-13-14-41(60)55-44(36)62/h8,11-12,15,20,25-27,29-30,34,36,38,49H,2-7,9-10,13-14,16-19,21-24,28H2,1H3,(H,52,61)(H,55,60,62)(H,50,51,53,54)/t34-,36?,38+/m0/s1. The molecule has 4 N–H and O–H groups in total. The van der Waals surface area contributed by atoms with Crippen LogP contribution in [0.2, 0.25) is 0 Å². The van der Waals surface area contributed by atoms with E-state index in [0.717, 1.165) is 99.6 Å². The molecular formula is C47H58FN11O6. The molecule has 17 nitrogen and oxygen atoms in total. The van der Waals surface area contributed by atoms with Crippen molar-refractivity contribution in [3.8, 4) is 0 Å². The zero-order chi connectivity index (χ0) is 45.0. The molecule has 5 aliphatic rings. The number of likely N-dealkylation sites (tertiary alicyclic amines) is 1. The Hall–Kier alpha value is -6.01. The van der Waals surface area contributed by atoms with E-state index in [0.29, 0.717) is 54.4 Å². The van der Waals surface area contributed by atoms with Gasteiger partial charge in [-0.15, -0.1) is 0 Å². The minimum atomic E-state index is -1.12. The van der Waals surface area contributed by atoms with Gasteiger partial charge in [-0.3, -0.25) is 34.2 Å². The van der Waals surface area contributed by atoms with E-state index in [-0.39, 0.29) is 42.5 Å². The average molecular weight is 892 g/mol. The molecule has 3 aromatic heterocycles. The third-order valence-corrected chi connectivity index (χ3v) is 13.8. The molecule has 1 saturated carbocycles. The number of rotatable bonds is 16. The first-order chi connectivity index (χ1) is 31.6. The summed E-state index contributed by atoms with van der Waals surface area (Å²) in [6.45, 7) is 4.23. The van der Waals surface area contributed by atoms with Gasteiger partial charge in [-0.2, -0.15) is 4.98 Å². The van der Waals surface area contributed by atoms with Crippen LogP contribution in [0.4, 0.5) is 27.7 Å². The average Bonchev–Trinajstić information content (AvgIpc) is 4.04. The first-order valence-electron chi connectivity index (χ1n) is 23.3. The highest BCUT2D eigenvalue weighted by Gasteiger charge is 2.45. The number of nitrogens with zero attached hydrogens (tertiary/aromatic N) is 7. The number of benzene rings is 1. The van der Waals surface area contributed by atoms with Gasteiger partial charge in [0.25, 0.3) is 17.7 Å². The van der Waals surface area contributed by atoms with Gasteiger partial charge >= 0.3 is 0 Å². The van der Waals surface area contributed by atoms with Crippen LogP contribution in [0.5, 0.6) is 0 Å². The number of fused-ring (bicyclic) bond motifs is 2. The molecule has 1 unspecified atom stereocenters. The smallest absolute Gasteiger partial charge is 0.264 e. The predicted octanol–water partition coefficient (Wildman–Crippen LogP) is 5.52. The van der Waals surface area contributed by atoms with Crippen molar-refractivity contribution in [2.24, 2.45) is 0 Å². The largest absolute Gasteiger partial charge is 0.384 e. The maximum absolute atomic E-state index is 14.6. The fraction of sp³-hybridized carbons (Fsp3) is 0.532. The van der Waals surface area contributed by atoms with Crippen molar-refractivity contribution in [1.82, 2.24) is 40.0 Å². The summed E-state index contributed by atoms with van der Waals surface area (Å²) in [5.41, 5.74) is 2.72. The molecule has 1 aliphatic carbocycles. The number of piperidine rings is 3. The number of ether oxygens (including phenoxy) is 1. The van der Waals surface area contributed by atoms with Crippen LogP contribution in [0.15, 0.2) is 48.9 Å². The van der Waals surface area contributed by atoms with Crippen LogP contribution >= 0.6 is 0 Å². The minimum absolute atomic E-state index is 0.0757. The maximum atomic E-state index is 14.6. The van der Waals surface area contributed by atoms with Gasteiger partial charge in [-0.05, 0) is 76.1 Å². The van der Waals surface area contributed by atoms with Crippen molar-refractivity contribution in [2.75, 3.05) is 61.9 Å². The Kier molecular flexibility index (Phi) is 13.3. The third kappa shape index (κ3) is 9.55. The lowest BCUT2D eigenvalue weighted by Gasteiger charge is -2.33. The number of halogens is 1. The number of aromatic nitrogens is 4. The summed E-state index contributed by atoms with van der Waals surface area (Å²) in [5.74, 6) is -0.511. The Morgan fingerprint density at radius 2 is 1.74 bits per heavy atom. The lowest BCUT2D eigenvalue weighted by atomic mass is 10.0. The molecule has 0 bridgehead atoms.